The summed E-state index contributed by atoms with van der Waals surface area (Å²) in [5, 5.41) is 12.1. The summed E-state index contributed by atoms with van der Waals surface area (Å²) in [4.78, 5) is 17.9. The highest BCUT2D eigenvalue weighted by atomic mass is 19.4. The van der Waals surface area contributed by atoms with Crippen LogP contribution in [0, 0.1) is 22.6 Å². The number of fused-ring (bicyclic) bond motifs is 1. The van der Waals surface area contributed by atoms with Gasteiger partial charge in [-0.15, -0.1) is 0 Å². The van der Waals surface area contributed by atoms with Crippen LogP contribution in [0.1, 0.15) is 75.0 Å². The smallest absolute Gasteiger partial charge is 0.321 e. The number of urea groups is 1. The van der Waals surface area contributed by atoms with E-state index in [1.807, 2.05) is 12.1 Å². The topological polar surface area (TPSA) is 59.4 Å². The van der Waals surface area contributed by atoms with Gasteiger partial charge in [-0.3, -0.25) is 0 Å². The number of carbonyl (C=O) groups is 1. The molecule has 0 aromatic heterocycles. The molecule has 3 aliphatic rings. The standard InChI is InChI=1S/C31H36F4N4O/c1-29-21-30(29,23-9-7-8-22(18-23)20-36)13-12-27(29)39(17-6-5-16-38-14-3-2-4-15-38)28(40)37-24-10-11-26(32)25(19-24)31(33,34)35/h7-11,18-19,27H,2-6,12-17,21H2,1H3,(H,37,40)/t27-,29?,30-/m1/s1. The number of hydrogen-bond acceptors (Lipinski definition) is 3. The second kappa shape index (κ2) is 11.0. The molecule has 5 nitrogen and oxygen atoms in total. The Labute approximate surface area is 233 Å². The number of piperidine rings is 1. The van der Waals surface area contributed by atoms with Crippen LogP contribution in [0.25, 0.3) is 0 Å². The van der Waals surface area contributed by atoms with Crippen molar-refractivity contribution in [1.29, 1.82) is 5.26 Å². The summed E-state index contributed by atoms with van der Waals surface area (Å²) >= 11 is 0. The number of rotatable bonds is 8. The Bertz CT molecular complexity index is 1280. The Morgan fingerprint density at radius 3 is 2.62 bits per heavy atom. The molecule has 3 atom stereocenters. The molecule has 1 heterocycles. The van der Waals surface area contributed by atoms with Crippen LogP contribution in [0.15, 0.2) is 42.5 Å². The third kappa shape index (κ3) is 5.43. The van der Waals surface area contributed by atoms with Crippen molar-refractivity contribution in [2.75, 3.05) is 31.5 Å². The lowest BCUT2D eigenvalue weighted by molar-refractivity contribution is -0.139. The number of likely N-dealkylation sites (tertiary alicyclic amines) is 1. The van der Waals surface area contributed by atoms with Gasteiger partial charge in [0.05, 0.1) is 17.2 Å². The van der Waals surface area contributed by atoms with E-state index in [0.29, 0.717) is 18.2 Å². The van der Waals surface area contributed by atoms with Gasteiger partial charge in [-0.25, -0.2) is 9.18 Å². The summed E-state index contributed by atoms with van der Waals surface area (Å²) < 4.78 is 53.8. The SMILES string of the molecule is CC12C[C@@]1(c1cccc(C#N)c1)CC[C@H]2N(CCCCN1CCCCC1)C(=O)Nc1ccc(F)c(C(F)(F)F)c1. The summed E-state index contributed by atoms with van der Waals surface area (Å²) in [5.41, 5.74) is -0.0979. The number of alkyl halides is 3. The Kier molecular flexibility index (Phi) is 7.84. The molecule has 2 amide bonds. The third-order valence-corrected chi connectivity index (χ3v) is 9.49. The van der Waals surface area contributed by atoms with Crippen molar-refractivity contribution in [2.45, 2.75) is 75.9 Å². The van der Waals surface area contributed by atoms with Crippen molar-refractivity contribution in [3.63, 3.8) is 0 Å². The maximum absolute atomic E-state index is 13.9. The van der Waals surface area contributed by atoms with Gasteiger partial charge in [0.2, 0.25) is 0 Å². The number of halogens is 4. The number of anilines is 1. The van der Waals surface area contributed by atoms with E-state index in [-0.39, 0.29) is 22.6 Å². The molecule has 1 saturated heterocycles. The number of unbranched alkanes of at least 4 members (excludes halogenated alkanes) is 1. The van der Waals surface area contributed by atoms with Crippen molar-refractivity contribution in [2.24, 2.45) is 5.41 Å². The predicted octanol–water partition coefficient (Wildman–Crippen LogP) is 7.33. The number of hydrogen-bond donors (Lipinski definition) is 1. The molecule has 1 N–H and O–H groups in total. The van der Waals surface area contributed by atoms with Crippen LogP contribution in [0.2, 0.25) is 0 Å². The minimum absolute atomic E-state index is 0.0797. The van der Waals surface area contributed by atoms with Crippen LogP contribution in [0.4, 0.5) is 28.0 Å². The molecule has 1 aliphatic heterocycles. The molecule has 2 aromatic rings. The van der Waals surface area contributed by atoms with E-state index in [9.17, 15) is 27.6 Å². The zero-order chi connectivity index (χ0) is 28.5. The van der Waals surface area contributed by atoms with Gasteiger partial charge in [0.1, 0.15) is 5.82 Å². The Hall–Kier alpha value is -3.12. The van der Waals surface area contributed by atoms with Gasteiger partial charge in [-0.2, -0.15) is 18.4 Å². The van der Waals surface area contributed by atoms with Gasteiger partial charge >= 0.3 is 12.2 Å². The second-order valence-corrected chi connectivity index (χ2v) is 11.8. The molecule has 9 heteroatoms. The highest BCUT2D eigenvalue weighted by Gasteiger charge is 2.73. The van der Waals surface area contributed by atoms with Crippen molar-refractivity contribution in [3.8, 4) is 6.07 Å². The van der Waals surface area contributed by atoms with E-state index < -0.39 is 23.6 Å². The second-order valence-electron chi connectivity index (χ2n) is 11.8. The van der Waals surface area contributed by atoms with Gasteiger partial charge in [0, 0.05) is 23.7 Å². The van der Waals surface area contributed by atoms with Crippen molar-refractivity contribution < 1.29 is 22.4 Å². The van der Waals surface area contributed by atoms with Crippen LogP contribution in [0.5, 0.6) is 0 Å². The first-order chi connectivity index (χ1) is 19.1. The Morgan fingerprint density at radius 1 is 1.15 bits per heavy atom. The molecule has 0 spiro atoms. The summed E-state index contributed by atoms with van der Waals surface area (Å²) in [6.07, 6.45) is 3.06. The minimum Gasteiger partial charge on any atom is -0.321 e. The van der Waals surface area contributed by atoms with E-state index in [2.05, 4.69) is 29.3 Å². The highest BCUT2D eigenvalue weighted by Crippen LogP contribution is 2.74. The van der Waals surface area contributed by atoms with E-state index in [0.717, 1.165) is 63.4 Å². The number of nitrogens with one attached hydrogen (secondary N) is 1. The fourth-order valence-electron chi connectivity index (χ4n) is 7.27. The molecular weight excluding hydrogens is 520 g/mol. The van der Waals surface area contributed by atoms with Crippen molar-refractivity contribution >= 4 is 11.7 Å². The lowest BCUT2D eigenvalue weighted by atomic mass is 9.87. The van der Waals surface area contributed by atoms with Crippen LogP contribution in [-0.4, -0.2) is 48.1 Å². The first-order valence-electron chi connectivity index (χ1n) is 14.2. The molecule has 2 saturated carbocycles. The van der Waals surface area contributed by atoms with Crippen LogP contribution in [-0.2, 0) is 11.6 Å². The average Bonchev–Trinajstić information content (AvgIpc) is 3.46. The van der Waals surface area contributed by atoms with Crippen molar-refractivity contribution in [3.05, 3.63) is 65.0 Å². The van der Waals surface area contributed by atoms with Gasteiger partial charge < -0.3 is 15.1 Å². The van der Waals surface area contributed by atoms with Crippen LogP contribution in [0.3, 0.4) is 0 Å². The van der Waals surface area contributed by atoms with E-state index in [1.165, 1.54) is 25.3 Å². The maximum Gasteiger partial charge on any atom is 0.419 e. The van der Waals surface area contributed by atoms with Crippen LogP contribution >= 0.6 is 0 Å². The molecule has 2 aromatic carbocycles. The van der Waals surface area contributed by atoms with E-state index in [1.54, 1.807) is 11.0 Å². The monoisotopic (exact) mass is 556 g/mol. The molecule has 1 unspecified atom stereocenters. The normalized spacial score (nSPS) is 26.1. The fourth-order valence-corrected chi connectivity index (χ4v) is 7.27. The number of amides is 2. The predicted molar refractivity (Wildman–Crippen MR) is 145 cm³/mol. The van der Waals surface area contributed by atoms with Crippen LogP contribution < -0.4 is 5.32 Å². The summed E-state index contributed by atoms with van der Waals surface area (Å²) in [6, 6.07) is 11.9. The lowest BCUT2D eigenvalue weighted by Crippen LogP contribution is -2.46. The van der Waals surface area contributed by atoms with Gasteiger partial charge in [-0.05, 0) is 106 Å². The average molecular weight is 557 g/mol. The van der Waals surface area contributed by atoms with Gasteiger partial charge in [0.25, 0.3) is 0 Å². The minimum atomic E-state index is -4.86. The zero-order valence-electron chi connectivity index (χ0n) is 22.9. The maximum atomic E-state index is 13.9. The molecule has 5 rings (SSSR count). The molecule has 2 aliphatic carbocycles. The quantitative estimate of drug-likeness (QED) is 0.274. The highest BCUT2D eigenvalue weighted by molar-refractivity contribution is 5.90. The first-order valence-corrected chi connectivity index (χ1v) is 14.2. The van der Waals surface area contributed by atoms with Gasteiger partial charge in [0.15, 0.2) is 0 Å². The van der Waals surface area contributed by atoms with Crippen molar-refractivity contribution in [1.82, 2.24) is 9.80 Å². The Balaban J connectivity index is 1.34. The van der Waals surface area contributed by atoms with E-state index in [4.69, 9.17) is 0 Å². The molecular formula is C31H36F4N4O. The molecule has 214 valence electrons. The molecule has 40 heavy (non-hydrogen) atoms. The zero-order valence-corrected chi connectivity index (χ0v) is 22.9. The van der Waals surface area contributed by atoms with Gasteiger partial charge in [-0.1, -0.05) is 25.5 Å². The number of nitrogens with zero attached hydrogens (tertiary/aromatic N) is 3. The number of nitriles is 1. The summed E-state index contributed by atoms with van der Waals surface area (Å²) in [6.45, 7) is 5.83. The first kappa shape index (κ1) is 28.4. The number of benzene rings is 2. The number of carbonyl (C=O) groups excluding carboxylic acids is 1. The summed E-state index contributed by atoms with van der Waals surface area (Å²) in [7, 11) is 0. The largest absolute Gasteiger partial charge is 0.419 e. The summed E-state index contributed by atoms with van der Waals surface area (Å²) in [5.74, 6) is -1.37. The lowest BCUT2D eigenvalue weighted by Gasteiger charge is -2.35. The third-order valence-electron chi connectivity index (χ3n) is 9.49. The van der Waals surface area contributed by atoms with E-state index >= 15 is 0 Å². The molecule has 0 radical (unpaired) electrons. The fraction of sp³-hybridized carbons (Fsp3) is 0.548. The Morgan fingerprint density at radius 2 is 1.93 bits per heavy atom. The molecule has 0 bridgehead atoms. The molecule has 3 fully saturated rings.